The Morgan fingerprint density at radius 2 is 1.83 bits per heavy atom. The van der Waals surface area contributed by atoms with Crippen LogP contribution in [0.3, 0.4) is 0 Å². The molecule has 0 bridgehead atoms. The van der Waals surface area contributed by atoms with E-state index in [1.807, 2.05) is 4.90 Å². The van der Waals surface area contributed by atoms with Gasteiger partial charge in [0.1, 0.15) is 5.65 Å². The van der Waals surface area contributed by atoms with Crippen molar-refractivity contribution in [3.8, 4) is 0 Å². The highest BCUT2D eigenvalue weighted by molar-refractivity contribution is 6.34. The number of rotatable bonds is 3. The van der Waals surface area contributed by atoms with Crippen LogP contribution in [0.4, 0.5) is 11.6 Å². The molecule has 1 N–H and O–H groups in total. The highest BCUT2D eigenvalue weighted by Gasteiger charge is 2.20. The van der Waals surface area contributed by atoms with Crippen molar-refractivity contribution >= 4 is 40.2 Å². The molecule has 0 atom stereocenters. The molecule has 0 unspecified atom stereocenters. The fraction of sp³-hybridized carbons (Fsp3) is 0.333. The van der Waals surface area contributed by atoms with Gasteiger partial charge in [0.2, 0.25) is 5.95 Å². The number of nitrogens with zero attached hydrogens (tertiary/aromatic N) is 6. The third-order valence-electron chi connectivity index (χ3n) is 4.89. The van der Waals surface area contributed by atoms with Gasteiger partial charge in [0.25, 0.3) is 11.5 Å². The maximum atomic E-state index is 12.7. The molecule has 4 rings (SSSR count). The van der Waals surface area contributed by atoms with Crippen LogP contribution < -0.4 is 21.5 Å². The number of hydrogen-bond acceptors (Lipinski definition) is 7. The van der Waals surface area contributed by atoms with Gasteiger partial charge in [-0.1, -0.05) is 11.6 Å². The average molecular weight is 416 g/mol. The number of carbonyl (C=O) groups is 1. The maximum Gasteiger partial charge on any atom is 0.332 e. The molecule has 150 valence electrons. The summed E-state index contributed by atoms with van der Waals surface area (Å²) in [5, 5.41) is 2.99. The quantitative estimate of drug-likeness (QED) is 0.676. The van der Waals surface area contributed by atoms with Crippen LogP contribution in [0.2, 0.25) is 5.02 Å². The molecular formula is C18H18ClN7O3. The minimum atomic E-state index is -0.541. The van der Waals surface area contributed by atoms with Gasteiger partial charge in [-0.05, 0) is 18.9 Å². The molecule has 0 saturated carbocycles. The van der Waals surface area contributed by atoms with Crippen LogP contribution in [0.15, 0.2) is 28.0 Å². The molecule has 10 nitrogen and oxygen atoms in total. The van der Waals surface area contributed by atoms with E-state index in [2.05, 4.69) is 20.3 Å². The summed E-state index contributed by atoms with van der Waals surface area (Å²) in [6, 6.07) is 1.47. The zero-order valence-corrected chi connectivity index (χ0v) is 16.6. The van der Waals surface area contributed by atoms with E-state index < -0.39 is 17.2 Å². The Balaban J connectivity index is 1.68. The first-order valence-corrected chi connectivity index (χ1v) is 9.39. The summed E-state index contributed by atoms with van der Waals surface area (Å²) >= 11 is 6.13. The second-order valence-electron chi connectivity index (χ2n) is 6.82. The molecule has 11 heteroatoms. The topological polar surface area (TPSA) is 115 Å². The molecule has 1 amide bonds. The fourth-order valence-corrected chi connectivity index (χ4v) is 3.49. The van der Waals surface area contributed by atoms with Crippen LogP contribution in [0.5, 0.6) is 0 Å². The molecule has 1 saturated heterocycles. The predicted octanol–water partition coefficient (Wildman–Crippen LogP) is 0.928. The Morgan fingerprint density at radius 3 is 2.55 bits per heavy atom. The number of amides is 1. The van der Waals surface area contributed by atoms with Crippen LogP contribution >= 0.6 is 11.6 Å². The summed E-state index contributed by atoms with van der Waals surface area (Å²) in [5.41, 5.74) is -0.419. The molecule has 0 spiro atoms. The molecular weight excluding hydrogens is 398 g/mol. The number of nitrogens with one attached hydrogen (secondary N) is 1. The Bertz CT molecular complexity index is 1240. The Kier molecular flexibility index (Phi) is 4.79. The number of fused-ring (bicyclic) bond motifs is 1. The number of aryl methyl sites for hydroxylation is 1. The van der Waals surface area contributed by atoms with Crippen molar-refractivity contribution in [2.45, 2.75) is 12.8 Å². The van der Waals surface area contributed by atoms with E-state index in [0.717, 1.165) is 30.5 Å². The summed E-state index contributed by atoms with van der Waals surface area (Å²) in [6.45, 7) is 1.67. The third kappa shape index (κ3) is 3.35. The Labute approximate surface area is 169 Å². The summed E-state index contributed by atoms with van der Waals surface area (Å²) in [6.07, 6.45) is 4.87. The molecule has 3 aromatic rings. The Hall–Kier alpha value is -3.27. The van der Waals surface area contributed by atoms with Crippen molar-refractivity contribution in [1.82, 2.24) is 24.1 Å². The predicted molar refractivity (Wildman–Crippen MR) is 109 cm³/mol. The summed E-state index contributed by atoms with van der Waals surface area (Å²) in [4.78, 5) is 51.8. The number of carbonyl (C=O) groups excluding carboxylic acids is 1. The van der Waals surface area contributed by atoms with Gasteiger partial charge in [0, 0.05) is 27.2 Å². The largest absolute Gasteiger partial charge is 0.341 e. The number of hydrogen-bond donors (Lipinski definition) is 1. The second kappa shape index (κ2) is 7.28. The minimum absolute atomic E-state index is 0.0389. The van der Waals surface area contributed by atoms with Gasteiger partial charge in [0.05, 0.1) is 28.5 Å². The van der Waals surface area contributed by atoms with Crippen molar-refractivity contribution in [2.24, 2.45) is 14.1 Å². The standard InChI is InChI=1S/C18H18ClN7O3/c1-24-14-11(16(28)25(2)18(24)29)7-10(8-20-14)22-15(27)13-12(19)9-21-17(23-13)26-5-3-4-6-26/h7-9H,3-6H2,1-2H3,(H,22,27). The number of pyridine rings is 1. The van der Waals surface area contributed by atoms with Gasteiger partial charge in [0.15, 0.2) is 5.69 Å². The van der Waals surface area contributed by atoms with Crippen molar-refractivity contribution in [3.63, 3.8) is 0 Å². The van der Waals surface area contributed by atoms with E-state index >= 15 is 0 Å². The molecule has 0 aromatic carbocycles. The van der Waals surface area contributed by atoms with Crippen LogP contribution in [-0.4, -0.2) is 43.1 Å². The van der Waals surface area contributed by atoms with E-state index in [1.165, 1.54) is 37.1 Å². The summed E-state index contributed by atoms with van der Waals surface area (Å²) in [5.74, 6) is -0.0850. The maximum absolute atomic E-state index is 12.7. The number of halogens is 1. The van der Waals surface area contributed by atoms with Crippen molar-refractivity contribution in [1.29, 1.82) is 0 Å². The van der Waals surface area contributed by atoms with Crippen molar-refractivity contribution in [2.75, 3.05) is 23.3 Å². The third-order valence-corrected chi connectivity index (χ3v) is 5.16. The van der Waals surface area contributed by atoms with Crippen molar-refractivity contribution < 1.29 is 4.79 Å². The molecule has 29 heavy (non-hydrogen) atoms. The lowest BCUT2D eigenvalue weighted by Gasteiger charge is -2.16. The van der Waals surface area contributed by atoms with Crippen LogP contribution in [0.25, 0.3) is 11.0 Å². The smallest absolute Gasteiger partial charge is 0.332 e. The molecule has 1 fully saturated rings. The van der Waals surface area contributed by atoms with Gasteiger partial charge in [-0.2, -0.15) is 0 Å². The van der Waals surface area contributed by atoms with Gasteiger partial charge >= 0.3 is 5.69 Å². The molecule has 1 aliphatic heterocycles. The molecule has 3 aromatic heterocycles. The minimum Gasteiger partial charge on any atom is -0.341 e. The second-order valence-corrected chi connectivity index (χ2v) is 7.22. The lowest BCUT2D eigenvalue weighted by molar-refractivity contribution is 0.102. The first kappa shape index (κ1) is 19.1. The molecule has 4 heterocycles. The van der Waals surface area contributed by atoms with Crippen molar-refractivity contribution in [3.05, 3.63) is 50.0 Å². The van der Waals surface area contributed by atoms with Crippen LogP contribution in [0, 0.1) is 0 Å². The highest BCUT2D eigenvalue weighted by atomic mass is 35.5. The average Bonchev–Trinajstić information content (AvgIpc) is 3.25. The van der Waals surface area contributed by atoms with Gasteiger partial charge in [-0.15, -0.1) is 0 Å². The molecule has 0 aliphatic carbocycles. The first-order valence-electron chi connectivity index (χ1n) is 9.01. The van der Waals surface area contributed by atoms with Crippen LogP contribution in [0.1, 0.15) is 23.3 Å². The fourth-order valence-electron chi connectivity index (χ4n) is 3.31. The van der Waals surface area contributed by atoms with E-state index in [4.69, 9.17) is 11.6 Å². The zero-order chi connectivity index (χ0) is 20.7. The summed E-state index contributed by atoms with van der Waals surface area (Å²) < 4.78 is 2.26. The first-order chi connectivity index (χ1) is 13.9. The van der Waals surface area contributed by atoms with E-state index in [0.29, 0.717) is 5.95 Å². The summed E-state index contributed by atoms with van der Waals surface area (Å²) in [7, 11) is 2.91. The SMILES string of the molecule is Cn1c(=O)c2cc(NC(=O)c3nc(N4CCCC4)ncc3Cl)cnc2n(C)c1=O. The van der Waals surface area contributed by atoms with Gasteiger partial charge < -0.3 is 10.2 Å². The zero-order valence-electron chi connectivity index (χ0n) is 15.8. The monoisotopic (exact) mass is 415 g/mol. The van der Waals surface area contributed by atoms with Gasteiger partial charge in [-0.3, -0.25) is 18.7 Å². The van der Waals surface area contributed by atoms with Crippen LogP contribution in [-0.2, 0) is 14.1 Å². The lowest BCUT2D eigenvalue weighted by atomic mass is 10.3. The molecule has 1 aliphatic rings. The lowest BCUT2D eigenvalue weighted by Crippen LogP contribution is -2.37. The Morgan fingerprint density at radius 1 is 1.10 bits per heavy atom. The van der Waals surface area contributed by atoms with Gasteiger partial charge in [-0.25, -0.2) is 19.7 Å². The highest BCUT2D eigenvalue weighted by Crippen LogP contribution is 2.21. The van der Waals surface area contributed by atoms with E-state index in [1.54, 1.807) is 0 Å². The van der Waals surface area contributed by atoms with E-state index in [9.17, 15) is 14.4 Å². The van der Waals surface area contributed by atoms with E-state index in [-0.39, 0.29) is 27.4 Å². The normalized spacial score (nSPS) is 13.8. The number of aromatic nitrogens is 5. The number of anilines is 2. The molecule has 0 radical (unpaired) electrons.